The standard InChI is InChI=1S/C15H22N2O2/c1-2-13-9-6-10-17(13)11-15(16,14(18)19)12-7-4-3-5-8-12/h3-5,7-8,13H,2,6,9-11,16H2,1H3,(H,18,19). The number of hydrogen-bond donors (Lipinski definition) is 2. The van der Waals surface area contributed by atoms with E-state index in [1.165, 1.54) is 0 Å². The molecule has 1 aliphatic heterocycles. The minimum atomic E-state index is -1.32. The number of nitrogens with two attached hydrogens (primary N) is 1. The van der Waals surface area contributed by atoms with E-state index in [1.54, 1.807) is 12.1 Å². The molecule has 2 rings (SSSR count). The summed E-state index contributed by atoms with van der Waals surface area (Å²) >= 11 is 0. The van der Waals surface area contributed by atoms with Crippen LogP contribution >= 0.6 is 0 Å². The number of carbonyl (C=O) groups is 1. The van der Waals surface area contributed by atoms with Crippen LogP contribution in [-0.4, -0.2) is 35.1 Å². The highest BCUT2D eigenvalue weighted by Crippen LogP contribution is 2.26. The van der Waals surface area contributed by atoms with Gasteiger partial charge < -0.3 is 10.8 Å². The number of likely N-dealkylation sites (tertiary alicyclic amines) is 1. The molecule has 1 saturated heterocycles. The van der Waals surface area contributed by atoms with Crippen LogP contribution in [0.3, 0.4) is 0 Å². The molecule has 1 aromatic rings. The van der Waals surface area contributed by atoms with Gasteiger partial charge in [-0.1, -0.05) is 37.3 Å². The second-order valence-corrected chi connectivity index (χ2v) is 5.32. The monoisotopic (exact) mass is 262 g/mol. The highest BCUT2D eigenvalue weighted by atomic mass is 16.4. The molecule has 3 N–H and O–H groups in total. The first kappa shape index (κ1) is 14.0. The van der Waals surface area contributed by atoms with E-state index in [0.717, 1.165) is 25.8 Å². The quantitative estimate of drug-likeness (QED) is 0.849. The Hall–Kier alpha value is -1.39. The highest BCUT2D eigenvalue weighted by Gasteiger charge is 2.40. The lowest BCUT2D eigenvalue weighted by Crippen LogP contribution is -2.54. The maximum Gasteiger partial charge on any atom is 0.329 e. The van der Waals surface area contributed by atoms with Gasteiger partial charge in [0.1, 0.15) is 0 Å². The molecule has 0 radical (unpaired) electrons. The molecule has 0 saturated carbocycles. The van der Waals surface area contributed by atoms with Crippen LogP contribution in [0.2, 0.25) is 0 Å². The summed E-state index contributed by atoms with van der Waals surface area (Å²) < 4.78 is 0. The smallest absolute Gasteiger partial charge is 0.329 e. The number of rotatable bonds is 5. The first-order valence-electron chi connectivity index (χ1n) is 6.89. The van der Waals surface area contributed by atoms with Crippen molar-refractivity contribution in [3.8, 4) is 0 Å². The Kier molecular flexibility index (Phi) is 4.22. The number of aliphatic carboxylic acids is 1. The van der Waals surface area contributed by atoms with Gasteiger partial charge in [-0.2, -0.15) is 0 Å². The van der Waals surface area contributed by atoms with Crippen molar-refractivity contribution in [2.75, 3.05) is 13.1 Å². The average Bonchev–Trinajstić information content (AvgIpc) is 2.86. The van der Waals surface area contributed by atoms with Gasteiger partial charge in [0, 0.05) is 12.6 Å². The number of carboxylic acids is 1. The summed E-state index contributed by atoms with van der Waals surface area (Å²) in [6.07, 6.45) is 3.31. The average molecular weight is 262 g/mol. The third kappa shape index (κ3) is 2.80. The Morgan fingerprint density at radius 3 is 2.74 bits per heavy atom. The van der Waals surface area contributed by atoms with E-state index in [2.05, 4.69) is 11.8 Å². The predicted molar refractivity (Wildman–Crippen MR) is 74.8 cm³/mol. The van der Waals surface area contributed by atoms with Crippen molar-refractivity contribution in [3.05, 3.63) is 35.9 Å². The molecule has 1 fully saturated rings. The van der Waals surface area contributed by atoms with Gasteiger partial charge in [0.15, 0.2) is 5.54 Å². The molecule has 4 heteroatoms. The van der Waals surface area contributed by atoms with E-state index in [4.69, 9.17) is 5.73 Å². The second-order valence-electron chi connectivity index (χ2n) is 5.32. The number of hydrogen-bond acceptors (Lipinski definition) is 3. The van der Waals surface area contributed by atoms with Crippen LogP contribution in [0, 0.1) is 0 Å². The summed E-state index contributed by atoms with van der Waals surface area (Å²) in [5.74, 6) is -0.958. The largest absolute Gasteiger partial charge is 0.480 e. The van der Waals surface area contributed by atoms with Gasteiger partial charge in [0.05, 0.1) is 0 Å². The lowest BCUT2D eigenvalue weighted by molar-refractivity contribution is -0.144. The molecule has 0 aromatic heterocycles. The molecule has 1 aromatic carbocycles. The molecular weight excluding hydrogens is 240 g/mol. The van der Waals surface area contributed by atoms with Gasteiger partial charge >= 0.3 is 5.97 Å². The Morgan fingerprint density at radius 2 is 2.16 bits per heavy atom. The summed E-state index contributed by atoms with van der Waals surface area (Å²) in [5.41, 5.74) is 5.57. The highest BCUT2D eigenvalue weighted by molar-refractivity contribution is 5.80. The fourth-order valence-corrected chi connectivity index (χ4v) is 2.90. The molecular formula is C15H22N2O2. The van der Waals surface area contributed by atoms with Crippen LogP contribution in [0.25, 0.3) is 0 Å². The summed E-state index contributed by atoms with van der Waals surface area (Å²) in [4.78, 5) is 13.9. The SMILES string of the molecule is CCC1CCCN1CC(N)(C(=O)O)c1ccccc1. The predicted octanol–water partition coefficient (Wildman–Crippen LogP) is 1.80. The van der Waals surface area contributed by atoms with Crippen molar-refractivity contribution in [2.24, 2.45) is 5.73 Å². The number of nitrogens with zero attached hydrogens (tertiary/aromatic N) is 1. The zero-order chi connectivity index (χ0) is 13.9. The molecule has 19 heavy (non-hydrogen) atoms. The number of carboxylic acid groups (broad SMARTS) is 1. The Morgan fingerprint density at radius 1 is 1.47 bits per heavy atom. The molecule has 0 aliphatic carbocycles. The number of benzene rings is 1. The lowest BCUT2D eigenvalue weighted by Gasteiger charge is -2.33. The topological polar surface area (TPSA) is 66.6 Å². The Bertz CT molecular complexity index is 435. The maximum atomic E-state index is 11.7. The molecule has 0 spiro atoms. The van der Waals surface area contributed by atoms with E-state index >= 15 is 0 Å². The molecule has 1 aliphatic rings. The zero-order valence-electron chi connectivity index (χ0n) is 11.4. The molecule has 4 nitrogen and oxygen atoms in total. The molecule has 2 atom stereocenters. The molecule has 0 bridgehead atoms. The van der Waals surface area contributed by atoms with Gasteiger partial charge in [-0.3, -0.25) is 4.90 Å². The van der Waals surface area contributed by atoms with Crippen LogP contribution in [0.5, 0.6) is 0 Å². The van der Waals surface area contributed by atoms with Crippen LogP contribution in [0.1, 0.15) is 31.7 Å². The second kappa shape index (κ2) is 5.72. The summed E-state index contributed by atoms with van der Waals surface area (Å²) in [6.45, 7) is 3.47. The van der Waals surface area contributed by atoms with Crippen LogP contribution in [0.15, 0.2) is 30.3 Å². The van der Waals surface area contributed by atoms with Gasteiger partial charge in [-0.15, -0.1) is 0 Å². The van der Waals surface area contributed by atoms with E-state index in [9.17, 15) is 9.90 Å². The fraction of sp³-hybridized carbons (Fsp3) is 0.533. The lowest BCUT2D eigenvalue weighted by atomic mass is 9.90. The van der Waals surface area contributed by atoms with Crippen molar-refractivity contribution in [3.63, 3.8) is 0 Å². The van der Waals surface area contributed by atoms with Crippen LogP contribution in [-0.2, 0) is 10.3 Å². The Labute approximate surface area is 114 Å². The van der Waals surface area contributed by atoms with Crippen molar-refractivity contribution in [1.82, 2.24) is 4.90 Å². The van der Waals surface area contributed by atoms with Gasteiger partial charge in [0.25, 0.3) is 0 Å². The summed E-state index contributed by atoms with van der Waals surface area (Å²) in [7, 11) is 0. The first-order valence-corrected chi connectivity index (χ1v) is 6.89. The third-order valence-corrected chi connectivity index (χ3v) is 4.09. The van der Waals surface area contributed by atoms with Crippen molar-refractivity contribution in [1.29, 1.82) is 0 Å². The van der Waals surface area contributed by atoms with Gasteiger partial charge in [0.2, 0.25) is 0 Å². The summed E-state index contributed by atoms with van der Waals surface area (Å²) in [6, 6.07) is 9.60. The van der Waals surface area contributed by atoms with Crippen molar-refractivity contribution >= 4 is 5.97 Å². The van der Waals surface area contributed by atoms with Gasteiger partial charge in [-0.25, -0.2) is 4.79 Å². The van der Waals surface area contributed by atoms with E-state index in [-0.39, 0.29) is 0 Å². The fourth-order valence-electron chi connectivity index (χ4n) is 2.90. The summed E-state index contributed by atoms with van der Waals surface area (Å²) in [5, 5.41) is 9.55. The Balaban J connectivity index is 2.23. The van der Waals surface area contributed by atoms with E-state index in [0.29, 0.717) is 18.2 Å². The first-order chi connectivity index (χ1) is 9.08. The van der Waals surface area contributed by atoms with E-state index < -0.39 is 11.5 Å². The molecule has 1 heterocycles. The molecule has 0 amide bonds. The maximum absolute atomic E-state index is 11.7. The van der Waals surface area contributed by atoms with Crippen LogP contribution in [0.4, 0.5) is 0 Å². The van der Waals surface area contributed by atoms with Gasteiger partial charge in [-0.05, 0) is 31.4 Å². The minimum absolute atomic E-state index is 0.380. The molecule has 2 unspecified atom stereocenters. The van der Waals surface area contributed by atoms with Crippen LogP contribution < -0.4 is 5.73 Å². The minimum Gasteiger partial charge on any atom is -0.480 e. The molecule has 104 valence electrons. The third-order valence-electron chi connectivity index (χ3n) is 4.09. The zero-order valence-corrected chi connectivity index (χ0v) is 11.4. The normalized spacial score (nSPS) is 23.2. The van der Waals surface area contributed by atoms with Crippen molar-refractivity contribution in [2.45, 2.75) is 37.8 Å². The van der Waals surface area contributed by atoms with E-state index in [1.807, 2.05) is 18.2 Å². The van der Waals surface area contributed by atoms with Crippen molar-refractivity contribution < 1.29 is 9.90 Å².